The molecule has 1 saturated heterocycles. The van der Waals surface area contributed by atoms with E-state index < -0.39 is 0 Å². The number of hydrogen-bond acceptors (Lipinski definition) is 2. The Bertz CT molecular complexity index is 157. The molecule has 0 bridgehead atoms. The highest BCUT2D eigenvalue weighted by Crippen LogP contribution is 2.15. The average molecular weight is 136 g/mol. The molecule has 0 amide bonds. The molecular formula is C8H12N2. The average Bonchev–Trinajstić information content (AvgIpc) is 2.04. The van der Waals surface area contributed by atoms with Crippen molar-refractivity contribution in [1.82, 2.24) is 4.90 Å². The van der Waals surface area contributed by atoms with Crippen molar-refractivity contribution in [1.29, 1.82) is 5.26 Å². The number of rotatable bonds is 1. The molecule has 1 fully saturated rings. The van der Waals surface area contributed by atoms with Crippen molar-refractivity contribution in [2.75, 3.05) is 6.54 Å². The summed E-state index contributed by atoms with van der Waals surface area (Å²) in [5, 5.41) is 8.65. The molecule has 0 N–H and O–H groups in total. The van der Waals surface area contributed by atoms with Crippen molar-refractivity contribution < 1.29 is 0 Å². The lowest BCUT2D eigenvalue weighted by Crippen LogP contribution is -2.33. The number of hydrogen-bond donors (Lipinski definition) is 0. The minimum absolute atomic E-state index is 0.0891. The third-order valence-electron chi connectivity index (χ3n) is 1.93. The molecule has 2 heteroatoms. The highest BCUT2D eigenvalue weighted by molar-refractivity contribution is 4.97. The summed E-state index contributed by atoms with van der Waals surface area (Å²) < 4.78 is 0. The molecular weight excluding hydrogens is 124 g/mol. The Kier molecular flexibility index (Phi) is 2.33. The number of nitrogens with zero attached hydrogens (tertiary/aromatic N) is 2. The van der Waals surface area contributed by atoms with Crippen LogP contribution in [-0.2, 0) is 0 Å². The van der Waals surface area contributed by atoms with Crippen molar-refractivity contribution in [2.24, 2.45) is 0 Å². The Hall–Kier alpha value is -0.970. The van der Waals surface area contributed by atoms with E-state index in [4.69, 9.17) is 5.26 Å². The summed E-state index contributed by atoms with van der Waals surface area (Å²) in [4.78, 5) is 2.02. The minimum atomic E-state index is 0.0891. The van der Waals surface area contributed by atoms with Gasteiger partial charge >= 0.3 is 0 Å². The zero-order valence-electron chi connectivity index (χ0n) is 6.08. The van der Waals surface area contributed by atoms with Gasteiger partial charge < -0.3 is 4.90 Å². The summed E-state index contributed by atoms with van der Waals surface area (Å²) in [6.45, 7) is 4.66. The first-order valence-corrected chi connectivity index (χ1v) is 3.66. The van der Waals surface area contributed by atoms with Gasteiger partial charge in [-0.25, -0.2) is 0 Å². The smallest absolute Gasteiger partial charge is 0.116 e. The van der Waals surface area contributed by atoms with Crippen molar-refractivity contribution in [2.45, 2.75) is 25.3 Å². The van der Waals surface area contributed by atoms with E-state index in [1.54, 1.807) is 6.20 Å². The lowest BCUT2D eigenvalue weighted by Gasteiger charge is -2.29. The van der Waals surface area contributed by atoms with Gasteiger partial charge in [0.25, 0.3) is 0 Å². The summed E-state index contributed by atoms with van der Waals surface area (Å²) >= 11 is 0. The van der Waals surface area contributed by atoms with Crippen LogP contribution in [-0.4, -0.2) is 17.5 Å². The second kappa shape index (κ2) is 3.26. The standard InChI is InChI=1S/C8H12N2/c1-2-10-6-4-3-5-8(10)7-9/h2,8H,1,3-6H2. The first-order valence-electron chi connectivity index (χ1n) is 3.66. The molecule has 0 radical (unpaired) electrons. The summed E-state index contributed by atoms with van der Waals surface area (Å²) in [6, 6.07) is 2.35. The summed E-state index contributed by atoms with van der Waals surface area (Å²) in [5.74, 6) is 0. The molecule has 10 heavy (non-hydrogen) atoms. The lowest BCUT2D eigenvalue weighted by atomic mass is 10.0. The van der Waals surface area contributed by atoms with E-state index in [9.17, 15) is 0 Å². The minimum Gasteiger partial charge on any atom is -0.362 e. The highest BCUT2D eigenvalue weighted by atomic mass is 15.1. The van der Waals surface area contributed by atoms with Crippen LogP contribution in [0.1, 0.15) is 19.3 Å². The van der Waals surface area contributed by atoms with E-state index >= 15 is 0 Å². The number of piperidine rings is 1. The SMILES string of the molecule is C=CN1CCCCC1C#N. The van der Waals surface area contributed by atoms with Gasteiger partial charge in [0.1, 0.15) is 6.04 Å². The molecule has 0 aliphatic carbocycles. The van der Waals surface area contributed by atoms with Crippen LogP contribution < -0.4 is 0 Å². The maximum Gasteiger partial charge on any atom is 0.116 e. The van der Waals surface area contributed by atoms with Crippen LogP contribution >= 0.6 is 0 Å². The zero-order valence-corrected chi connectivity index (χ0v) is 6.08. The van der Waals surface area contributed by atoms with Crippen molar-refractivity contribution in [3.8, 4) is 6.07 Å². The van der Waals surface area contributed by atoms with Gasteiger partial charge in [-0.2, -0.15) is 5.26 Å². The molecule has 1 aliphatic rings. The molecule has 1 unspecified atom stereocenters. The van der Waals surface area contributed by atoms with E-state index in [0.29, 0.717) is 0 Å². The third kappa shape index (κ3) is 1.30. The van der Waals surface area contributed by atoms with Gasteiger partial charge in [-0.05, 0) is 25.5 Å². The monoisotopic (exact) mass is 136 g/mol. The zero-order chi connectivity index (χ0) is 7.40. The van der Waals surface area contributed by atoms with Crippen molar-refractivity contribution >= 4 is 0 Å². The van der Waals surface area contributed by atoms with Gasteiger partial charge in [0.2, 0.25) is 0 Å². The van der Waals surface area contributed by atoms with Crippen LogP contribution in [0.25, 0.3) is 0 Å². The maximum absolute atomic E-state index is 8.65. The fraction of sp³-hybridized carbons (Fsp3) is 0.625. The number of nitriles is 1. The van der Waals surface area contributed by atoms with Gasteiger partial charge in [-0.15, -0.1) is 0 Å². The molecule has 0 aromatic heterocycles. The molecule has 1 aliphatic heterocycles. The van der Waals surface area contributed by atoms with Crippen LogP contribution in [0, 0.1) is 11.3 Å². The topological polar surface area (TPSA) is 27.0 Å². The van der Waals surface area contributed by atoms with E-state index in [-0.39, 0.29) is 6.04 Å². The van der Waals surface area contributed by atoms with Crippen LogP contribution in [0.5, 0.6) is 0 Å². The maximum atomic E-state index is 8.65. The molecule has 0 aromatic rings. The first-order chi connectivity index (χ1) is 4.88. The molecule has 1 rings (SSSR count). The van der Waals surface area contributed by atoms with E-state index in [0.717, 1.165) is 13.0 Å². The van der Waals surface area contributed by atoms with Crippen molar-refractivity contribution in [3.63, 3.8) is 0 Å². The van der Waals surface area contributed by atoms with E-state index in [1.807, 2.05) is 4.90 Å². The Labute approximate surface area is 61.8 Å². The largest absolute Gasteiger partial charge is 0.362 e. The van der Waals surface area contributed by atoms with Gasteiger partial charge in [0, 0.05) is 6.54 Å². The molecule has 0 spiro atoms. The Morgan fingerprint density at radius 1 is 1.60 bits per heavy atom. The van der Waals surface area contributed by atoms with Crippen LogP contribution in [0.4, 0.5) is 0 Å². The predicted molar refractivity (Wildman–Crippen MR) is 40.2 cm³/mol. The van der Waals surface area contributed by atoms with E-state index in [1.165, 1.54) is 12.8 Å². The molecule has 1 heterocycles. The van der Waals surface area contributed by atoms with Crippen LogP contribution in [0.3, 0.4) is 0 Å². The second-order valence-electron chi connectivity index (χ2n) is 2.56. The summed E-state index contributed by atoms with van der Waals surface area (Å²) in [5.41, 5.74) is 0. The summed E-state index contributed by atoms with van der Waals surface area (Å²) in [6.07, 6.45) is 5.16. The first kappa shape index (κ1) is 7.14. The molecule has 1 atom stereocenters. The molecule has 2 nitrogen and oxygen atoms in total. The quantitative estimate of drug-likeness (QED) is 0.546. The van der Waals surface area contributed by atoms with Crippen LogP contribution in [0.15, 0.2) is 12.8 Å². The van der Waals surface area contributed by atoms with Crippen molar-refractivity contribution in [3.05, 3.63) is 12.8 Å². The second-order valence-corrected chi connectivity index (χ2v) is 2.56. The predicted octanol–water partition coefficient (Wildman–Crippen LogP) is 1.51. The molecule has 0 saturated carbocycles. The Morgan fingerprint density at radius 2 is 2.40 bits per heavy atom. The fourth-order valence-corrected chi connectivity index (χ4v) is 1.31. The van der Waals surface area contributed by atoms with Gasteiger partial charge in [-0.3, -0.25) is 0 Å². The van der Waals surface area contributed by atoms with E-state index in [2.05, 4.69) is 12.6 Å². The van der Waals surface area contributed by atoms with Crippen LogP contribution in [0.2, 0.25) is 0 Å². The molecule has 0 aromatic carbocycles. The van der Waals surface area contributed by atoms with Gasteiger partial charge in [0.05, 0.1) is 6.07 Å². The van der Waals surface area contributed by atoms with Gasteiger partial charge in [-0.1, -0.05) is 6.58 Å². The number of likely N-dealkylation sites (tertiary alicyclic amines) is 1. The lowest BCUT2D eigenvalue weighted by molar-refractivity contribution is 0.258. The molecule has 54 valence electrons. The summed E-state index contributed by atoms with van der Waals surface area (Å²) in [7, 11) is 0. The fourth-order valence-electron chi connectivity index (χ4n) is 1.31. The Morgan fingerprint density at radius 3 is 2.90 bits per heavy atom. The normalized spacial score (nSPS) is 25.5. The highest BCUT2D eigenvalue weighted by Gasteiger charge is 2.17. The third-order valence-corrected chi connectivity index (χ3v) is 1.93. The Balaban J connectivity index is 2.51. The van der Waals surface area contributed by atoms with Gasteiger partial charge in [0.15, 0.2) is 0 Å².